The summed E-state index contributed by atoms with van der Waals surface area (Å²) in [5.74, 6) is 1.21. The highest BCUT2D eigenvalue weighted by molar-refractivity contribution is 5.67. The van der Waals surface area contributed by atoms with Crippen LogP contribution in [0.4, 0.5) is 4.79 Å². The van der Waals surface area contributed by atoms with Gasteiger partial charge in [-0.1, -0.05) is 36.3 Å². The van der Waals surface area contributed by atoms with Gasteiger partial charge in [0.15, 0.2) is 0 Å². The number of hydrogen-bond donors (Lipinski definition) is 0. The van der Waals surface area contributed by atoms with E-state index in [1.54, 1.807) is 4.90 Å². The molecule has 7 heteroatoms. The molecule has 0 spiro atoms. The van der Waals surface area contributed by atoms with Gasteiger partial charge >= 0.3 is 6.09 Å². The molecule has 1 amide bonds. The normalized spacial score (nSPS) is 15.4. The topological polar surface area (TPSA) is 71.7 Å². The van der Waals surface area contributed by atoms with Crippen LogP contribution >= 0.6 is 0 Å². The van der Waals surface area contributed by atoms with Crippen LogP contribution < -0.4 is 0 Å². The van der Waals surface area contributed by atoms with E-state index in [1.165, 1.54) is 5.56 Å². The number of aryl methyl sites for hydroxylation is 1. The average Bonchev–Trinajstić information content (AvgIpc) is 3.11. The predicted molar refractivity (Wildman–Crippen MR) is 93.0 cm³/mol. The maximum Gasteiger partial charge on any atom is 0.409 e. The van der Waals surface area contributed by atoms with Gasteiger partial charge in [0.25, 0.3) is 0 Å². The first kappa shape index (κ1) is 17.4. The molecule has 1 aromatic heterocycles. The Morgan fingerprint density at radius 1 is 1.16 bits per heavy atom. The molecule has 0 unspecified atom stereocenters. The molecular weight excluding hydrogens is 320 g/mol. The highest BCUT2D eigenvalue weighted by Gasteiger charge is 2.23. The minimum absolute atomic E-state index is 0.238. The Hall–Kier alpha value is -2.41. The molecule has 7 nitrogen and oxygen atoms in total. The van der Waals surface area contributed by atoms with Gasteiger partial charge in [-0.05, 0) is 18.9 Å². The van der Waals surface area contributed by atoms with Gasteiger partial charge < -0.3 is 14.2 Å². The fourth-order valence-corrected chi connectivity index (χ4v) is 2.82. The zero-order valence-electron chi connectivity index (χ0n) is 14.8. The molecule has 2 aromatic rings. The van der Waals surface area contributed by atoms with Crippen LogP contribution in [0.5, 0.6) is 0 Å². The van der Waals surface area contributed by atoms with Crippen LogP contribution in [0.3, 0.4) is 0 Å². The van der Waals surface area contributed by atoms with E-state index >= 15 is 0 Å². The molecular formula is C18H24N4O3. The Kier molecular flexibility index (Phi) is 5.65. The number of carbonyl (C=O) groups excluding carboxylic acids is 1. The number of carbonyl (C=O) groups is 1. The maximum atomic E-state index is 11.7. The van der Waals surface area contributed by atoms with Crippen molar-refractivity contribution in [3.63, 3.8) is 0 Å². The molecule has 25 heavy (non-hydrogen) atoms. The van der Waals surface area contributed by atoms with Crippen molar-refractivity contribution in [1.82, 2.24) is 19.9 Å². The quantitative estimate of drug-likeness (QED) is 0.830. The van der Waals surface area contributed by atoms with Gasteiger partial charge in [-0.15, -0.1) is 0 Å². The van der Waals surface area contributed by atoms with E-state index in [1.807, 2.05) is 19.1 Å². The number of piperazine rings is 1. The fraction of sp³-hybridized carbons (Fsp3) is 0.500. The summed E-state index contributed by atoms with van der Waals surface area (Å²) in [6, 6.07) is 8.21. The van der Waals surface area contributed by atoms with E-state index in [0.717, 1.165) is 25.1 Å². The molecule has 3 rings (SSSR count). The zero-order valence-corrected chi connectivity index (χ0v) is 14.8. The number of nitrogens with zero attached hydrogens (tertiary/aromatic N) is 4. The summed E-state index contributed by atoms with van der Waals surface area (Å²) in [7, 11) is 0. The largest absolute Gasteiger partial charge is 0.450 e. The second-order valence-electron chi connectivity index (χ2n) is 6.02. The second kappa shape index (κ2) is 8.11. The molecule has 1 aromatic carbocycles. The third kappa shape index (κ3) is 4.36. The molecule has 0 atom stereocenters. The first-order valence-corrected chi connectivity index (χ1v) is 8.75. The Balaban J connectivity index is 1.54. The zero-order chi connectivity index (χ0) is 17.6. The van der Waals surface area contributed by atoms with Crippen LogP contribution in [0.25, 0.3) is 11.4 Å². The van der Waals surface area contributed by atoms with E-state index in [0.29, 0.717) is 38.0 Å². The molecule has 134 valence electrons. The van der Waals surface area contributed by atoms with Crippen LogP contribution in [-0.4, -0.2) is 58.8 Å². The molecule has 2 heterocycles. The summed E-state index contributed by atoms with van der Waals surface area (Å²) in [6.07, 6.45) is 0.771. The highest BCUT2D eigenvalue weighted by Crippen LogP contribution is 2.18. The summed E-state index contributed by atoms with van der Waals surface area (Å²) in [5.41, 5.74) is 2.24. The third-order valence-electron chi connectivity index (χ3n) is 4.35. The van der Waals surface area contributed by atoms with Gasteiger partial charge in [-0.25, -0.2) is 4.79 Å². The lowest BCUT2D eigenvalue weighted by Gasteiger charge is -2.33. The van der Waals surface area contributed by atoms with Crippen LogP contribution in [-0.2, 0) is 17.7 Å². The van der Waals surface area contributed by atoms with Crippen molar-refractivity contribution in [3.8, 4) is 11.4 Å². The van der Waals surface area contributed by atoms with Crippen LogP contribution in [0.15, 0.2) is 28.8 Å². The van der Waals surface area contributed by atoms with Crippen LogP contribution in [0.2, 0.25) is 0 Å². The Morgan fingerprint density at radius 2 is 1.88 bits per heavy atom. The maximum absolute atomic E-state index is 11.7. The van der Waals surface area contributed by atoms with Crippen LogP contribution in [0.1, 0.15) is 25.3 Å². The summed E-state index contributed by atoms with van der Waals surface area (Å²) in [6.45, 7) is 7.78. The van der Waals surface area contributed by atoms with Gasteiger partial charge in [-0.3, -0.25) is 4.90 Å². The van der Waals surface area contributed by atoms with E-state index in [4.69, 9.17) is 9.26 Å². The minimum Gasteiger partial charge on any atom is -0.450 e. The number of aromatic nitrogens is 2. The smallest absolute Gasteiger partial charge is 0.409 e. The van der Waals surface area contributed by atoms with Crippen molar-refractivity contribution in [1.29, 1.82) is 0 Å². The molecule has 0 saturated carbocycles. The van der Waals surface area contributed by atoms with E-state index in [2.05, 4.69) is 34.1 Å². The molecule has 0 N–H and O–H groups in total. The number of benzene rings is 1. The summed E-state index contributed by atoms with van der Waals surface area (Å²) in [5, 5.41) is 4.08. The molecule has 0 bridgehead atoms. The van der Waals surface area contributed by atoms with Gasteiger partial charge in [-0.2, -0.15) is 4.98 Å². The average molecular weight is 344 g/mol. The molecule has 0 radical (unpaired) electrons. The van der Waals surface area contributed by atoms with E-state index in [-0.39, 0.29) is 6.09 Å². The van der Waals surface area contributed by atoms with Gasteiger partial charge in [0.05, 0.1) is 13.2 Å². The fourth-order valence-electron chi connectivity index (χ4n) is 2.82. The Labute approximate surface area is 147 Å². The highest BCUT2D eigenvalue weighted by atomic mass is 16.6. The van der Waals surface area contributed by atoms with Crippen molar-refractivity contribution in [2.75, 3.05) is 32.8 Å². The SMILES string of the molecule is CCOC(=O)N1CCN(Cc2nc(-c3ccc(CC)cc3)no2)CC1. The van der Waals surface area contributed by atoms with Gasteiger partial charge in [0.1, 0.15) is 0 Å². The second-order valence-corrected chi connectivity index (χ2v) is 6.02. The monoisotopic (exact) mass is 344 g/mol. The van der Waals surface area contributed by atoms with Crippen molar-refractivity contribution in [2.24, 2.45) is 0 Å². The summed E-state index contributed by atoms with van der Waals surface area (Å²) < 4.78 is 10.4. The van der Waals surface area contributed by atoms with Gasteiger partial charge in [0, 0.05) is 31.7 Å². The van der Waals surface area contributed by atoms with Crippen molar-refractivity contribution in [3.05, 3.63) is 35.7 Å². The first-order chi connectivity index (χ1) is 12.2. The first-order valence-electron chi connectivity index (χ1n) is 8.75. The van der Waals surface area contributed by atoms with Crippen molar-refractivity contribution >= 4 is 6.09 Å². The Morgan fingerprint density at radius 3 is 2.52 bits per heavy atom. The number of ether oxygens (including phenoxy) is 1. The van der Waals surface area contributed by atoms with Crippen molar-refractivity contribution in [2.45, 2.75) is 26.8 Å². The Bertz CT molecular complexity index is 691. The van der Waals surface area contributed by atoms with Crippen LogP contribution in [0, 0.1) is 0 Å². The lowest BCUT2D eigenvalue weighted by molar-refractivity contribution is 0.0749. The van der Waals surface area contributed by atoms with E-state index < -0.39 is 0 Å². The standard InChI is InChI=1S/C18H24N4O3/c1-3-14-5-7-15(8-6-14)17-19-16(25-20-17)13-21-9-11-22(12-10-21)18(23)24-4-2/h5-8H,3-4,9-13H2,1-2H3. The lowest BCUT2D eigenvalue weighted by Crippen LogP contribution is -2.48. The summed E-state index contributed by atoms with van der Waals surface area (Å²) in [4.78, 5) is 20.1. The van der Waals surface area contributed by atoms with Gasteiger partial charge in [0.2, 0.25) is 11.7 Å². The lowest BCUT2D eigenvalue weighted by atomic mass is 10.1. The number of amides is 1. The molecule has 1 saturated heterocycles. The van der Waals surface area contributed by atoms with E-state index in [9.17, 15) is 4.79 Å². The third-order valence-corrected chi connectivity index (χ3v) is 4.35. The number of rotatable bonds is 5. The number of hydrogen-bond acceptors (Lipinski definition) is 6. The molecule has 1 aliphatic rings. The minimum atomic E-state index is -0.238. The molecule has 1 fully saturated rings. The summed E-state index contributed by atoms with van der Waals surface area (Å²) >= 11 is 0. The van der Waals surface area contributed by atoms with Crippen molar-refractivity contribution < 1.29 is 14.1 Å². The molecule has 1 aliphatic heterocycles. The molecule has 0 aliphatic carbocycles. The predicted octanol–water partition coefficient (Wildman–Crippen LogP) is 2.57.